The average Bonchev–Trinajstić information content (AvgIpc) is 3.06. The zero-order valence-corrected chi connectivity index (χ0v) is 12.5. The molecular formula is C15H15NO4S. The van der Waals surface area contributed by atoms with Crippen LogP contribution in [0.4, 0.5) is 5.00 Å². The van der Waals surface area contributed by atoms with E-state index in [1.54, 1.807) is 38.1 Å². The number of carbonyl (C=O) groups is 2. The summed E-state index contributed by atoms with van der Waals surface area (Å²) in [6.45, 7) is 3.88. The fraction of sp³-hybridized carbons (Fsp3) is 0.200. The minimum absolute atomic E-state index is 0.289. The summed E-state index contributed by atoms with van der Waals surface area (Å²) in [5.41, 5.74) is 0.781. The Hall–Kier alpha value is -2.34. The zero-order chi connectivity index (χ0) is 15.2. The van der Waals surface area contributed by atoms with Gasteiger partial charge >= 0.3 is 5.97 Å². The fourth-order valence-electron chi connectivity index (χ4n) is 1.65. The van der Waals surface area contributed by atoms with Crippen LogP contribution in [0.25, 0.3) is 6.08 Å². The topological polar surface area (TPSA) is 68.5 Å². The number of ether oxygens (including phenoxy) is 1. The number of thiophene rings is 1. The Morgan fingerprint density at radius 3 is 2.95 bits per heavy atom. The molecule has 2 rings (SSSR count). The van der Waals surface area contributed by atoms with Crippen LogP contribution in [0.1, 0.15) is 27.9 Å². The van der Waals surface area contributed by atoms with Gasteiger partial charge in [-0.05, 0) is 43.7 Å². The van der Waals surface area contributed by atoms with E-state index in [9.17, 15) is 9.59 Å². The van der Waals surface area contributed by atoms with Crippen molar-refractivity contribution >= 4 is 34.3 Å². The molecule has 2 aromatic heterocycles. The van der Waals surface area contributed by atoms with Gasteiger partial charge in [-0.1, -0.05) is 0 Å². The lowest BCUT2D eigenvalue weighted by Gasteiger charge is -1.99. The molecule has 1 amide bonds. The van der Waals surface area contributed by atoms with Gasteiger partial charge in [0.05, 0.1) is 17.9 Å². The van der Waals surface area contributed by atoms with Gasteiger partial charge in [0.2, 0.25) is 5.91 Å². The molecule has 0 bridgehead atoms. The van der Waals surface area contributed by atoms with Gasteiger partial charge in [0, 0.05) is 6.08 Å². The molecule has 0 fully saturated rings. The molecule has 1 N–H and O–H groups in total. The largest absolute Gasteiger partial charge is 0.465 e. The number of esters is 1. The number of carbonyl (C=O) groups excluding carboxylic acids is 2. The molecule has 2 heterocycles. The summed E-state index contributed by atoms with van der Waals surface area (Å²) in [4.78, 5) is 24.0. The van der Waals surface area contributed by atoms with Crippen molar-refractivity contribution < 1.29 is 18.7 Å². The number of nitrogens with one attached hydrogen (secondary N) is 1. The number of hydrogen-bond acceptors (Lipinski definition) is 5. The summed E-state index contributed by atoms with van der Waals surface area (Å²) in [6, 6.07) is 5.24. The first-order valence-electron chi connectivity index (χ1n) is 6.40. The van der Waals surface area contributed by atoms with E-state index in [2.05, 4.69) is 5.32 Å². The second kappa shape index (κ2) is 6.90. The SMILES string of the molecule is CCOC(=O)c1sc(NC(=O)/C=C/c2ccco2)cc1C. The van der Waals surface area contributed by atoms with Gasteiger partial charge in [-0.3, -0.25) is 4.79 Å². The normalized spacial score (nSPS) is 10.8. The van der Waals surface area contributed by atoms with Crippen molar-refractivity contribution in [3.8, 4) is 0 Å². The molecule has 0 aliphatic rings. The molecule has 0 aliphatic heterocycles. The Labute approximate surface area is 126 Å². The van der Waals surface area contributed by atoms with Crippen LogP contribution in [0.3, 0.4) is 0 Å². The van der Waals surface area contributed by atoms with Crippen molar-refractivity contribution in [1.29, 1.82) is 0 Å². The van der Waals surface area contributed by atoms with Crippen molar-refractivity contribution in [1.82, 2.24) is 0 Å². The number of hydrogen-bond donors (Lipinski definition) is 1. The van der Waals surface area contributed by atoms with Crippen molar-refractivity contribution in [3.05, 3.63) is 46.7 Å². The maximum absolute atomic E-state index is 11.8. The van der Waals surface area contributed by atoms with Crippen LogP contribution in [-0.2, 0) is 9.53 Å². The van der Waals surface area contributed by atoms with Crippen molar-refractivity contribution in [2.75, 3.05) is 11.9 Å². The highest BCUT2D eigenvalue weighted by atomic mass is 32.1. The first kappa shape index (κ1) is 15.1. The van der Waals surface area contributed by atoms with Gasteiger partial charge < -0.3 is 14.5 Å². The molecule has 110 valence electrons. The lowest BCUT2D eigenvalue weighted by atomic mass is 10.3. The summed E-state index contributed by atoms with van der Waals surface area (Å²) in [5.74, 6) is -0.0607. The molecule has 0 saturated heterocycles. The Morgan fingerprint density at radius 2 is 2.29 bits per heavy atom. The predicted octanol–water partition coefficient (Wildman–Crippen LogP) is 3.48. The standard InChI is InChI=1S/C15H15NO4S/c1-3-19-15(18)14-10(2)9-13(21-14)16-12(17)7-6-11-5-4-8-20-11/h4-9H,3H2,1-2H3,(H,16,17)/b7-6+. The second-order valence-corrected chi connectivity index (χ2v) is 5.23. The maximum Gasteiger partial charge on any atom is 0.348 e. The highest BCUT2D eigenvalue weighted by Crippen LogP contribution is 2.27. The number of aryl methyl sites for hydroxylation is 1. The predicted molar refractivity (Wildman–Crippen MR) is 81.4 cm³/mol. The van der Waals surface area contributed by atoms with Crippen LogP contribution >= 0.6 is 11.3 Å². The Bertz CT molecular complexity index is 655. The minimum Gasteiger partial charge on any atom is -0.465 e. The fourth-order valence-corrected chi connectivity index (χ4v) is 2.62. The minimum atomic E-state index is -0.369. The monoisotopic (exact) mass is 305 g/mol. The van der Waals surface area contributed by atoms with E-state index in [-0.39, 0.29) is 11.9 Å². The molecule has 6 heteroatoms. The quantitative estimate of drug-likeness (QED) is 0.678. The molecule has 0 unspecified atom stereocenters. The van der Waals surface area contributed by atoms with Crippen LogP contribution in [0, 0.1) is 6.92 Å². The highest BCUT2D eigenvalue weighted by molar-refractivity contribution is 7.18. The van der Waals surface area contributed by atoms with Gasteiger partial charge in [0.1, 0.15) is 10.6 Å². The second-order valence-electron chi connectivity index (χ2n) is 4.18. The van der Waals surface area contributed by atoms with Gasteiger partial charge in [0.25, 0.3) is 0 Å². The van der Waals surface area contributed by atoms with Crippen molar-refractivity contribution in [2.24, 2.45) is 0 Å². The molecule has 2 aromatic rings. The summed E-state index contributed by atoms with van der Waals surface area (Å²) in [7, 11) is 0. The molecule has 0 aromatic carbocycles. The van der Waals surface area contributed by atoms with Gasteiger partial charge in [-0.2, -0.15) is 0 Å². The Morgan fingerprint density at radius 1 is 1.48 bits per heavy atom. The first-order valence-corrected chi connectivity index (χ1v) is 7.22. The number of rotatable bonds is 5. The summed E-state index contributed by atoms with van der Waals surface area (Å²) in [5, 5.41) is 3.31. The highest BCUT2D eigenvalue weighted by Gasteiger charge is 2.15. The van der Waals surface area contributed by atoms with E-state index in [4.69, 9.17) is 9.15 Å². The van der Waals surface area contributed by atoms with Crippen LogP contribution < -0.4 is 5.32 Å². The molecule has 21 heavy (non-hydrogen) atoms. The van der Waals surface area contributed by atoms with E-state index in [1.807, 2.05) is 0 Å². The molecule has 0 atom stereocenters. The van der Waals surface area contributed by atoms with Gasteiger partial charge in [-0.15, -0.1) is 11.3 Å². The third-order valence-electron chi connectivity index (χ3n) is 2.57. The van der Waals surface area contributed by atoms with E-state index < -0.39 is 0 Å². The molecule has 0 aliphatic carbocycles. The first-order chi connectivity index (χ1) is 10.1. The summed E-state index contributed by atoms with van der Waals surface area (Å²) in [6.07, 6.45) is 4.48. The van der Waals surface area contributed by atoms with Crippen LogP contribution in [-0.4, -0.2) is 18.5 Å². The van der Waals surface area contributed by atoms with E-state index >= 15 is 0 Å². The molecule has 5 nitrogen and oxygen atoms in total. The van der Waals surface area contributed by atoms with Gasteiger partial charge in [-0.25, -0.2) is 4.79 Å². The molecule has 0 spiro atoms. The average molecular weight is 305 g/mol. The van der Waals surface area contributed by atoms with Crippen LogP contribution in [0.5, 0.6) is 0 Å². The van der Waals surface area contributed by atoms with Crippen molar-refractivity contribution in [3.63, 3.8) is 0 Å². The number of anilines is 1. The van der Waals surface area contributed by atoms with E-state index in [1.165, 1.54) is 23.7 Å². The third-order valence-corrected chi connectivity index (χ3v) is 3.70. The third kappa shape index (κ3) is 4.06. The van der Waals surface area contributed by atoms with E-state index in [0.29, 0.717) is 22.2 Å². The molecule has 0 radical (unpaired) electrons. The summed E-state index contributed by atoms with van der Waals surface area (Å²) < 4.78 is 10.0. The molecular weight excluding hydrogens is 290 g/mol. The van der Waals surface area contributed by atoms with E-state index in [0.717, 1.165) is 5.56 Å². The zero-order valence-electron chi connectivity index (χ0n) is 11.7. The maximum atomic E-state index is 11.8. The van der Waals surface area contributed by atoms with Crippen LogP contribution in [0.2, 0.25) is 0 Å². The lowest BCUT2D eigenvalue weighted by Crippen LogP contribution is -2.06. The Kier molecular flexibility index (Phi) is 4.94. The summed E-state index contributed by atoms with van der Waals surface area (Å²) >= 11 is 1.20. The smallest absolute Gasteiger partial charge is 0.348 e. The van der Waals surface area contributed by atoms with Crippen LogP contribution in [0.15, 0.2) is 35.0 Å². The number of furan rings is 1. The van der Waals surface area contributed by atoms with Crippen molar-refractivity contribution in [2.45, 2.75) is 13.8 Å². The van der Waals surface area contributed by atoms with Gasteiger partial charge in [0.15, 0.2) is 0 Å². The number of amides is 1. The molecule has 0 saturated carbocycles. The lowest BCUT2D eigenvalue weighted by molar-refractivity contribution is -0.111. The Balaban J connectivity index is 2.01.